The van der Waals surface area contributed by atoms with Gasteiger partial charge < -0.3 is 14.9 Å². The lowest BCUT2D eigenvalue weighted by atomic mass is 10.1. The number of carbonyl (C=O) groups is 1. The van der Waals surface area contributed by atoms with E-state index in [-0.39, 0.29) is 24.7 Å². The number of aliphatic hydroxyl groups is 1. The van der Waals surface area contributed by atoms with Crippen LogP contribution in [0, 0.1) is 10.1 Å². The smallest absolute Gasteiger partial charge is 0.292 e. The highest BCUT2D eigenvalue weighted by atomic mass is 16.6. The summed E-state index contributed by atoms with van der Waals surface area (Å²) >= 11 is 0. The van der Waals surface area contributed by atoms with E-state index in [1.165, 1.54) is 23.1 Å². The zero-order valence-electron chi connectivity index (χ0n) is 11.9. The van der Waals surface area contributed by atoms with Gasteiger partial charge in [-0.3, -0.25) is 14.9 Å². The number of nitrogens with zero attached hydrogens (tertiary/aromatic N) is 3. The number of aliphatic hydroxyl groups excluding tert-OH is 1. The number of rotatable bonds is 6. The lowest BCUT2D eigenvalue weighted by molar-refractivity contribution is -0.384. The van der Waals surface area contributed by atoms with E-state index in [9.17, 15) is 14.9 Å². The summed E-state index contributed by atoms with van der Waals surface area (Å²) in [5.74, 6) is -0.221. The van der Waals surface area contributed by atoms with Crippen molar-refractivity contribution in [2.45, 2.75) is 6.92 Å². The molecule has 0 saturated heterocycles. The van der Waals surface area contributed by atoms with Crippen LogP contribution in [-0.2, 0) is 0 Å². The number of likely N-dealkylation sites (N-methyl/N-ethyl adjacent to an activating group) is 1. The van der Waals surface area contributed by atoms with E-state index < -0.39 is 4.92 Å². The van der Waals surface area contributed by atoms with Crippen LogP contribution in [0.2, 0.25) is 0 Å². The minimum absolute atomic E-state index is 0.0735. The van der Waals surface area contributed by atoms with Gasteiger partial charge in [0.1, 0.15) is 5.69 Å². The van der Waals surface area contributed by atoms with E-state index in [2.05, 4.69) is 0 Å². The number of hydrogen-bond donors (Lipinski definition) is 1. The third-order valence-corrected chi connectivity index (χ3v) is 2.92. The maximum Gasteiger partial charge on any atom is 0.292 e. The topological polar surface area (TPSA) is 86.9 Å². The van der Waals surface area contributed by atoms with Gasteiger partial charge in [0.15, 0.2) is 0 Å². The highest BCUT2D eigenvalue weighted by Crippen LogP contribution is 2.29. The summed E-state index contributed by atoms with van der Waals surface area (Å²) in [6, 6.07) is 4.27. The van der Waals surface area contributed by atoms with E-state index in [0.29, 0.717) is 17.8 Å². The number of anilines is 1. The van der Waals surface area contributed by atoms with Crippen LogP contribution in [0.15, 0.2) is 18.2 Å². The Morgan fingerprint density at radius 2 is 2.05 bits per heavy atom. The predicted octanol–water partition coefficient (Wildman–Crippen LogP) is 1.12. The molecule has 0 aromatic heterocycles. The van der Waals surface area contributed by atoms with Gasteiger partial charge in [-0.25, -0.2) is 0 Å². The van der Waals surface area contributed by atoms with Crippen LogP contribution in [-0.4, -0.2) is 54.6 Å². The molecule has 0 aliphatic rings. The normalized spacial score (nSPS) is 10.2. The fourth-order valence-corrected chi connectivity index (χ4v) is 1.89. The second-order valence-corrected chi connectivity index (χ2v) is 4.46. The van der Waals surface area contributed by atoms with Gasteiger partial charge >= 0.3 is 0 Å². The van der Waals surface area contributed by atoms with Crippen LogP contribution in [0.1, 0.15) is 17.3 Å². The van der Waals surface area contributed by atoms with Crippen LogP contribution in [0.3, 0.4) is 0 Å². The summed E-state index contributed by atoms with van der Waals surface area (Å²) in [4.78, 5) is 25.6. The average Bonchev–Trinajstić information content (AvgIpc) is 2.43. The van der Waals surface area contributed by atoms with Crippen molar-refractivity contribution in [2.24, 2.45) is 0 Å². The van der Waals surface area contributed by atoms with Crippen LogP contribution in [0.25, 0.3) is 0 Å². The van der Waals surface area contributed by atoms with Gasteiger partial charge in [-0.05, 0) is 19.1 Å². The Morgan fingerprint density at radius 3 is 2.50 bits per heavy atom. The second kappa shape index (κ2) is 6.85. The lowest BCUT2D eigenvalue weighted by Gasteiger charge is -2.22. The molecule has 1 aromatic rings. The first-order chi connectivity index (χ1) is 9.42. The number of nitro groups is 1. The van der Waals surface area contributed by atoms with Crippen molar-refractivity contribution in [3.8, 4) is 0 Å². The molecule has 0 heterocycles. The summed E-state index contributed by atoms with van der Waals surface area (Å²) in [5.41, 5.74) is 0.654. The summed E-state index contributed by atoms with van der Waals surface area (Å²) in [6.45, 7) is 2.49. The fraction of sp³-hybridized carbons (Fsp3) is 0.462. The average molecular weight is 281 g/mol. The SMILES string of the molecule is CCN(CCO)c1cc(C(=O)N(C)C)ccc1[N+](=O)[O-]. The number of benzene rings is 1. The van der Waals surface area contributed by atoms with Crippen molar-refractivity contribution in [3.05, 3.63) is 33.9 Å². The van der Waals surface area contributed by atoms with Crippen molar-refractivity contribution >= 4 is 17.3 Å². The van der Waals surface area contributed by atoms with Crippen LogP contribution >= 0.6 is 0 Å². The Morgan fingerprint density at radius 1 is 1.40 bits per heavy atom. The van der Waals surface area contributed by atoms with Gasteiger partial charge in [-0.1, -0.05) is 0 Å². The first kappa shape index (κ1) is 15.9. The Kier molecular flexibility index (Phi) is 5.45. The van der Waals surface area contributed by atoms with Gasteiger partial charge in [0, 0.05) is 38.8 Å². The highest BCUT2D eigenvalue weighted by Gasteiger charge is 2.21. The van der Waals surface area contributed by atoms with E-state index in [0.717, 1.165) is 0 Å². The van der Waals surface area contributed by atoms with Crippen molar-refractivity contribution in [2.75, 3.05) is 38.7 Å². The van der Waals surface area contributed by atoms with Crippen molar-refractivity contribution < 1.29 is 14.8 Å². The largest absolute Gasteiger partial charge is 0.395 e. The first-order valence-electron chi connectivity index (χ1n) is 6.28. The summed E-state index contributed by atoms with van der Waals surface area (Å²) < 4.78 is 0. The maximum atomic E-state index is 11.9. The molecule has 20 heavy (non-hydrogen) atoms. The fourth-order valence-electron chi connectivity index (χ4n) is 1.89. The number of hydrogen-bond acceptors (Lipinski definition) is 5. The van der Waals surface area contributed by atoms with Gasteiger partial charge in [0.25, 0.3) is 11.6 Å². The zero-order valence-corrected chi connectivity index (χ0v) is 11.9. The first-order valence-corrected chi connectivity index (χ1v) is 6.28. The van der Waals surface area contributed by atoms with Crippen LogP contribution < -0.4 is 4.90 Å². The van der Waals surface area contributed by atoms with Gasteiger partial charge in [-0.15, -0.1) is 0 Å². The third kappa shape index (κ3) is 3.45. The quantitative estimate of drug-likeness (QED) is 0.623. The van der Waals surface area contributed by atoms with E-state index in [1.54, 1.807) is 19.0 Å². The predicted molar refractivity (Wildman–Crippen MR) is 76.1 cm³/mol. The minimum Gasteiger partial charge on any atom is -0.395 e. The zero-order chi connectivity index (χ0) is 15.3. The highest BCUT2D eigenvalue weighted by molar-refractivity contribution is 5.95. The van der Waals surface area contributed by atoms with Crippen molar-refractivity contribution in [3.63, 3.8) is 0 Å². The molecule has 110 valence electrons. The van der Waals surface area contributed by atoms with Crippen molar-refractivity contribution in [1.82, 2.24) is 4.90 Å². The molecule has 7 nitrogen and oxygen atoms in total. The third-order valence-electron chi connectivity index (χ3n) is 2.92. The van der Waals surface area contributed by atoms with Crippen molar-refractivity contribution in [1.29, 1.82) is 0 Å². The summed E-state index contributed by atoms with van der Waals surface area (Å²) in [5, 5.41) is 20.1. The van der Waals surface area contributed by atoms with Gasteiger partial charge in [0.2, 0.25) is 0 Å². The number of carbonyl (C=O) groups excluding carboxylic acids is 1. The van der Waals surface area contributed by atoms with Gasteiger partial charge in [-0.2, -0.15) is 0 Å². The monoisotopic (exact) mass is 281 g/mol. The molecule has 0 bridgehead atoms. The Balaban J connectivity index is 3.31. The molecule has 0 unspecified atom stereocenters. The Bertz CT molecular complexity index is 502. The molecule has 0 atom stereocenters. The molecule has 0 aliphatic heterocycles. The van der Waals surface area contributed by atoms with E-state index >= 15 is 0 Å². The van der Waals surface area contributed by atoms with Crippen LogP contribution in [0.4, 0.5) is 11.4 Å². The molecule has 0 aliphatic carbocycles. The Hall–Kier alpha value is -2.15. The second-order valence-electron chi connectivity index (χ2n) is 4.46. The maximum absolute atomic E-state index is 11.9. The standard InChI is InChI=1S/C13H19N3O4/c1-4-15(7-8-17)12-9-10(13(18)14(2)3)5-6-11(12)16(19)20/h5-6,9,17H,4,7-8H2,1-3H3. The minimum atomic E-state index is -0.487. The van der Waals surface area contributed by atoms with Crippen LogP contribution in [0.5, 0.6) is 0 Å². The molecule has 1 aromatic carbocycles. The molecule has 7 heteroatoms. The molecular formula is C13H19N3O4. The molecule has 0 radical (unpaired) electrons. The molecule has 0 saturated carbocycles. The molecule has 0 spiro atoms. The summed E-state index contributed by atoms with van der Waals surface area (Å²) in [7, 11) is 3.24. The Labute approximate surface area is 117 Å². The van der Waals surface area contributed by atoms with E-state index in [1.807, 2.05) is 6.92 Å². The number of nitro benzene ring substituents is 1. The van der Waals surface area contributed by atoms with E-state index in [4.69, 9.17) is 5.11 Å². The molecular weight excluding hydrogens is 262 g/mol. The van der Waals surface area contributed by atoms with Gasteiger partial charge in [0.05, 0.1) is 11.5 Å². The lowest BCUT2D eigenvalue weighted by Crippen LogP contribution is -2.28. The molecule has 1 amide bonds. The summed E-state index contributed by atoms with van der Waals surface area (Å²) in [6.07, 6.45) is 0. The molecule has 1 N–H and O–H groups in total. The molecule has 0 fully saturated rings. The molecule has 1 rings (SSSR count). The number of amides is 1.